The lowest BCUT2D eigenvalue weighted by Gasteiger charge is -2.15. The van der Waals surface area contributed by atoms with Crippen LogP contribution in [0.1, 0.15) is 30.9 Å². The number of allylic oxidation sites excluding steroid dienone is 1. The minimum Gasteiger partial charge on any atom is -0.493 e. The largest absolute Gasteiger partial charge is 0.493 e. The topological polar surface area (TPSA) is 35.2 Å². The van der Waals surface area contributed by atoms with Crippen LogP contribution >= 0.6 is 0 Å². The van der Waals surface area contributed by atoms with Crippen molar-refractivity contribution in [2.75, 3.05) is 6.61 Å². The van der Waals surface area contributed by atoms with E-state index in [2.05, 4.69) is 31.7 Å². The monoisotopic (exact) mass is 233 g/mol. The van der Waals surface area contributed by atoms with Crippen molar-refractivity contribution < 1.29 is 4.74 Å². The third-order valence-electron chi connectivity index (χ3n) is 2.63. The van der Waals surface area contributed by atoms with Crippen LogP contribution in [0, 0.1) is 6.92 Å². The van der Waals surface area contributed by atoms with Crippen molar-refractivity contribution in [3.05, 3.63) is 42.0 Å². The first kappa shape index (κ1) is 13.8. The van der Waals surface area contributed by atoms with Crippen LogP contribution in [0.3, 0.4) is 0 Å². The van der Waals surface area contributed by atoms with E-state index in [0.29, 0.717) is 0 Å². The summed E-state index contributed by atoms with van der Waals surface area (Å²) in [6, 6.07) is 6.39. The first-order chi connectivity index (χ1) is 8.15. The van der Waals surface area contributed by atoms with Crippen LogP contribution in [-0.2, 0) is 6.42 Å². The van der Waals surface area contributed by atoms with Gasteiger partial charge in [-0.1, -0.05) is 24.3 Å². The van der Waals surface area contributed by atoms with E-state index in [-0.39, 0.29) is 6.04 Å². The van der Waals surface area contributed by atoms with E-state index in [1.165, 1.54) is 11.1 Å². The van der Waals surface area contributed by atoms with Gasteiger partial charge in [0.15, 0.2) is 0 Å². The molecule has 0 bridgehead atoms. The summed E-state index contributed by atoms with van der Waals surface area (Å²) in [4.78, 5) is 0. The van der Waals surface area contributed by atoms with Gasteiger partial charge in [0.25, 0.3) is 0 Å². The molecule has 0 aliphatic heterocycles. The van der Waals surface area contributed by atoms with Crippen molar-refractivity contribution >= 4 is 0 Å². The zero-order valence-corrected chi connectivity index (χ0v) is 10.9. The number of hydrogen-bond donors (Lipinski definition) is 1. The van der Waals surface area contributed by atoms with Crippen molar-refractivity contribution in [1.29, 1.82) is 0 Å². The standard InChI is InChI=1S/C15H23NO/c1-4-5-6-10-17-15-12(2)8-7-9-14(15)11-13(3)16/h4,7-9,13H,1,5-6,10-11,16H2,2-3H3. The summed E-state index contributed by atoms with van der Waals surface area (Å²) in [7, 11) is 0. The molecular formula is C15H23NO. The average molecular weight is 233 g/mol. The Morgan fingerprint density at radius 1 is 1.47 bits per heavy atom. The summed E-state index contributed by atoms with van der Waals surface area (Å²) in [6.45, 7) is 8.54. The van der Waals surface area contributed by atoms with E-state index in [9.17, 15) is 0 Å². The van der Waals surface area contributed by atoms with Gasteiger partial charge in [-0.15, -0.1) is 6.58 Å². The summed E-state index contributed by atoms with van der Waals surface area (Å²) in [6.07, 6.45) is 4.78. The Morgan fingerprint density at radius 3 is 2.88 bits per heavy atom. The molecular weight excluding hydrogens is 210 g/mol. The Morgan fingerprint density at radius 2 is 2.24 bits per heavy atom. The molecule has 0 heterocycles. The molecule has 1 aromatic rings. The van der Waals surface area contributed by atoms with E-state index >= 15 is 0 Å². The fraction of sp³-hybridized carbons (Fsp3) is 0.467. The number of ether oxygens (including phenoxy) is 1. The maximum Gasteiger partial charge on any atom is 0.125 e. The van der Waals surface area contributed by atoms with Crippen molar-refractivity contribution in [2.24, 2.45) is 5.73 Å². The van der Waals surface area contributed by atoms with Crippen LogP contribution < -0.4 is 10.5 Å². The van der Waals surface area contributed by atoms with Crippen molar-refractivity contribution in [1.82, 2.24) is 0 Å². The number of aryl methyl sites for hydroxylation is 1. The van der Waals surface area contributed by atoms with Crippen LogP contribution in [0.25, 0.3) is 0 Å². The molecule has 2 N–H and O–H groups in total. The van der Waals surface area contributed by atoms with Crippen LogP contribution in [0.15, 0.2) is 30.9 Å². The highest BCUT2D eigenvalue weighted by atomic mass is 16.5. The fourth-order valence-corrected chi connectivity index (χ4v) is 1.83. The molecule has 0 aliphatic rings. The summed E-state index contributed by atoms with van der Waals surface area (Å²) in [5.41, 5.74) is 8.24. The van der Waals surface area contributed by atoms with E-state index < -0.39 is 0 Å². The van der Waals surface area contributed by atoms with Crippen molar-refractivity contribution in [3.63, 3.8) is 0 Å². The van der Waals surface area contributed by atoms with Gasteiger partial charge in [0, 0.05) is 6.04 Å². The van der Waals surface area contributed by atoms with Crippen LogP contribution in [0.2, 0.25) is 0 Å². The molecule has 0 fully saturated rings. The average Bonchev–Trinajstić information content (AvgIpc) is 2.26. The Bertz CT molecular complexity index is 358. The zero-order valence-electron chi connectivity index (χ0n) is 10.9. The quantitative estimate of drug-likeness (QED) is 0.579. The lowest BCUT2D eigenvalue weighted by atomic mass is 10.0. The molecule has 0 aromatic heterocycles. The highest BCUT2D eigenvalue weighted by Gasteiger charge is 2.08. The fourth-order valence-electron chi connectivity index (χ4n) is 1.83. The molecule has 1 rings (SSSR count). The minimum atomic E-state index is 0.160. The number of hydrogen-bond acceptors (Lipinski definition) is 2. The predicted molar refractivity (Wildman–Crippen MR) is 73.5 cm³/mol. The Kier molecular flexibility index (Phi) is 5.78. The van der Waals surface area contributed by atoms with Gasteiger partial charge in [-0.05, 0) is 44.2 Å². The van der Waals surface area contributed by atoms with E-state index in [1.807, 2.05) is 13.0 Å². The molecule has 17 heavy (non-hydrogen) atoms. The first-order valence-corrected chi connectivity index (χ1v) is 6.23. The molecule has 2 nitrogen and oxygen atoms in total. The molecule has 1 aromatic carbocycles. The number of nitrogens with two attached hydrogens (primary N) is 1. The second-order valence-corrected chi connectivity index (χ2v) is 4.52. The smallest absolute Gasteiger partial charge is 0.125 e. The maximum absolute atomic E-state index is 5.87. The molecule has 0 saturated carbocycles. The second kappa shape index (κ2) is 7.13. The van der Waals surface area contributed by atoms with Crippen molar-refractivity contribution in [3.8, 4) is 5.75 Å². The van der Waals surface area contributed by atoms with Gasteiger partial charge < -0.3 is 10.5 Å². The summed E-state index contributed by atoms with van der Waals surface area (Å²) < 4.78 is 5.87. The molecule has 0 spiro atoms. The first-order valence-electron chi connectivity index (χ1n) is 6.23. The molecule has 1 atom stereocenters. The predicted octanol–water partition coefficient (Wildman–Crippen LogP) is 3.23. The summed E-state index contributed by atoms with van der Waals surface area (Å²) in [5.74, 6) is 1.01. The van der Waals surface area contributed by atoms with Gasteiger partial charge in [0.1, 0.15) is 5.75 Å². The molecule has 0 radical (unpaired) electrons. The van der Waals surface area contributed by atoms with Gasteiger partial charge in [0.05, 0.1) is 6.61 Å². The number of rotatable bonds is 7. The molecule has 0 aliphatic carbocycles. The minimum absolute atomic E-state index is 0.160. The Balaban J connectivity index is 2.69. The number of benzene rings is 1. The highest BCUT2D eigenvalue weighted by molar-refractivity contribution is 5.41. The van der Waals surface area contributed by atoms with Gasteiger partial charge in [-0.2, -0.15) is 0 Å². The van der Waals surface area contributed by atoms with Gasteiger partial charge in [0.2, 0.25) is 0 Å². The summed E-state index contributed by atoms with van der Waals surface area (Å²) in [5, 5.41) is 0. The lowest BCUT2D eigenvalue weighted by Crippen LogP contribution is -2.18. The lowest BCUT2D eigenvalue weighted by molar-refractivity contribution is 0.306. The van der Waals surface area contributed by atoms with Crippen LogP contribution in [0.4, 0.5) is 0 Å². The molecule has 0 amide bonds. The molecule has 0 saturated heterocycles. The van der Waals surface area contributed by atoms with E-state index in [1.54, 1.807) is 0 Å². The van der Waals surface area contributed by atoms with Gasteiger partial charge in [-0.3, -0.25) is 0 Å². The molecule has 1 unspecified atom stereocenters. The highest BCUT2D eigenvalue weighted by Crippen LogP contribution is 2.24. The SMILES string of the molecule is C=CCCCOc1c(C)cccc1CC(C)N. The van der Waals surface area contributed by atoms with E-state index in [4.69, 9.17) is 10.5 Å². The normalized spacial score (nSPS) is 12.2. The summed E-state index contributed by atoms with van der Waals surface area (Å²) >= 11 is 0. The maximum atomic E-state index is 5.87. The van der Waals surface area contributed by atoms with Crippen molar-refractivity contribution in [2.45, 2.75) is 39.2 Å². The Labute approximate surface area is 104 Å². The number of unbranched alkanes of at least 4 members (excludes halogenated alkanes) is 1. The third kappa shape index (κ3) is 4.61. The van der Waals surface area contributed by atoms with Crippen LogP contribution in [-0.4, -0.2) is 12.6 Å². The molecule has 2 heteroatoms. The van der Waals surface area contributed by atoms with Crippen LogP contribution in [0.5, 0.6) is 5.75 Å². The van der Waals surface area contributed by atoms with Gasteiger partial charge >= 0.3 is 0 Å². The van der Waals surface area contributed by atoms with E-state index in [0.717, 1.165) is 31.6 Å². The van der Waals surface area contributed by atoms with Gasteiger partial charge in [-0.25, -0.2) is 0 Å². The number of para-hydroxylation sites is 1. The Hall–Kier alpha value is -1.28. The third-order valence-corrected chi connectivity index (χ3v) is 2.63. The zero-order chi connectivity index (χ0) is 12.7. The second-order valence-electron chi connectivity index (χ2n) is 4.52. The molecule has 94 valence electrons.